The molecule has 210 valence electrons. The van der Waals surface area contributed by atoms with Crippen LogP contribution in [-0.2, 0) is 16.1 Å². The summed E-state index contributed by atoms with van der Waals surface area (Å²) >= 11 is 3.87. The van der Waals surface area contributed by atoms with Crippen LogP contribution in [0.4, 0.5) is 5.00 Å². The van der Waals surface area contributed by atoms with E-state index < -0.39 is 11.9 Å². The summed E-state index contributed by atoms with van der Waals surface area (Å²) < 4.78 is 7.31. The van der Waals surface area contributed by atoms with Gasteiger partial charge in [0.1, 0.15) is 5.00 Å². The molecule has 3 aromatic heterocycles. The first kappa shape index (κ1) is 29.5. The number of anilines is 1. The number of carbonyl (C=O) groups is 3. The van der Waals surface area contributed by atoms with Gasteiger partial charge in [-0.2, -0.15) is 0 Å². The van der Waals surface area contributed by atoms with Crippen LogP contribution < -0.4 is 11.1 Å². The number of nitrogens with two attached hydrogens (primary N) is 1. The van der Waals surface area contributed by atoms with Gasteiger partial charge in [0.05, 0.1) is 22.3 Å². The molecule has 9 nitrogen and oxygen atoms in total. The van der Waals surface area contributed by atoms with Crippen molar-refractivity contribution >= 4 is 57.2 Å². The van der Waals surface area contributed by atoms with E-state index in [0.717, 1.165) is 33.9 Å². The smallest absolute Gasteiger partial charge is 0.341 e. The first-order chi connectivity index (χ1) is 19.0. The minimum atomic E-state index is -0.673. The molecule has 0 atom stereocenters. The van der Waals surface area contributed by atoms with E-state index in [1.54, 1.807) is 32.1 Å². The average Bonchev–Trinajstić information content (AvgIpc) is 3.57. The molecule has 3 N–H and O–H groups in total. The van der Waals surface area contributed by atoms with Crippen molar-refractivity contribution in [3.05, 3.63) is 56.1 Å². The van der Waals surface area contributed by atoms with Gasteiger partial charge in [0.15, 0.2) is 11.0 Å². The highest BCUT2D eigenvalue weighted by molar-refractivity contribution is 7.99. The van der Waals surface area contributed by atoms with E-state index in [1.807, 2.05) is 11.5 Å². The summed E-state index contributed by atoms with van der Waals surface area (Å²) in [6, 6.07) is 8.41. The maximum atomic E-state index is 13.0. The van der Waals surface area contributed by atoms with Crippen molar-refractivity contribution in [2.75, 3.05) is 11.1 Å². The molecule has 4 aromatic rings. The number of amides is 2. The Hall–Kier alpha value is -3.48. The third-order valence-electron chi connectivity index (χ3n) is 6.09. The van der Waals surface area contributed by atoms with Gasteiger partial charge < -0.3 is 20.4 Å². The van der Waals surface area contributed by atoms with Crippen LogP contribution in [0.15, 0.2) is 34.8 Å². The van der Waals surface area contributed by atoms with Gasteiger partial charge >= 0.3 is 5.97 Å². The Morgan fingerprint density at radius 2 is 1.82 bits per heavy atom. The van der Waals surface area contributed by atoms with Crippen LogP contribution in [0.2, 0.25) is 0 Å². The molecule has 0 unspecified atom stereocenters. The van der Waals surface area contributed by atoms with Crippen LogP contribution in [0.25, 0.3) is 22.5 Å². The summed E-state index contributed by atoms with van der Waals surface area (Å²) in [5, 5.41) is 14.6. The van der Waals surface area contributed by atoms with Gasteiger partial charge in [0.2, 0.25) is 5.91 Å². The number of nitrogens with one attached hydrogen (secondary N) is 1. The quantitative estimate of drug-likeness (QED) is 0.168. The second-order valence-corrected chi connectivity index (χ2v) is 12.5. The Labute approximate surface area is 245 Å². The molecule has 1 aromatic carbocycles. The number of nitrogens with zero attached hydrogens (tertiary/aromatic N) is 3. The van der Waals surface area contributed by atoms with Gasteiger partial charge in [0.25, 0.3) is 5.91 Å². The molecule has 0 saturated carbocycles. The Kier molecular flexibility index (Phi) is 9.12. The van der Waals surface area contributed by atoms with Gasteiger partial charge in [-0.25, -0.2) is 4.79 Å². The Balaban J connectivity index is 1.55. The molecule has 4 rings (SSSR count). The van der Waals surface area contributed by atoms with Crippen molar-refractivity contribution in [2.24, 2.45) is 5.73 Å². The lowest BCUT2D eigenvalue weighted by atomic mass is 10.0. The summed E-state index contributed by atoms with van der Waals surface area (Å²) in [5.74, 6) is -0.894. The second-order valence-electron chi connectivity index (χ2n) is 9.41. The van der Waals surface area contributed by atoms with E-state index in [-0.39, 0.29) is 33.2 Å². The number of rotatable bonds is 10. The lowest BCUT2D eigenvalue weighted by Crippen LogP contribution is -2.18. The van der Waals surface area contributed by atoms with Crippen LogP contribution >= 0.6 is 34.4 Å². The molecule has 0 fully saturated rings. The standard InChI is InChI=1S/C28H31N5O4S3/c1-7-33-25(19-12-38-17(6)22(19)18-10-8-15(4)9-11-18)31-32-28(33)39-13-20(34)30-26-21(27(36)37-14(2)3)16(5)23(40-26)24(29)35/h8-12,14H,7,13H2,1-6H3,(H2,29,35)(H,30,34). The lowest BCUT2D eigenvalue weighted by molar-refractivity contribution is -0.113. The second kappa shape index (κ2) is 12.4. The summed E-state index contributed by atoms with van der Waals surface area (Å²) in [6.45, 7) is 11.8. The Morgan fingerprint density at radius 3 is 2.45 bits per heavy atom. The van der Waals surface area contributed by atoms with Gasteiger partial charge in [0, 0.05) is 27.9 Å². The SMILES string of the molecule is CCn1c(SCC(=O)Nc2sc(C(N)=O)c(C)c2C(=O)OC(C)C)nnc1-c1csc(C)c1-c1ccc(C)cc1. The number of primary amides is 1. The average molecular weight is 598 g/mol. The number of hydrogen-bond acceptors (Lipinski definition) is 9. The molecule has 0 radical (unpaired) electrons. The fraction of sp³-hybridized carbons (Fsp3) is 0.321. The Morgan fingerprint density at radius 1 is 1.12 bits per heavy atom. The largest absolute Gasteiger partial charge is 0.459 e. The van der Waals surface area contributed by atoms with Crippen molar-refractivity contribution < 1.29 is 19.1 Å². The van der Waals surface area contributed by atoms with E-state index in [1.165, 1.54) is 22.2 Å². The van der Waals surface area contributed by atoms with Crippen LogP contribution in [-0.4, -0.2) is 44.4 Å². The normalized spacial score (nSPS) is 11.2. The number of hydrogen-bond donors (Lipinski definition) is 2. The third-order valence-corrected chi connectivity index (χ3v) is 9.19. The molecule has 0 saturated heterocycles. The number of ether oxygens (including phenoxy) is 1. The maximum Gasteiger partial charge on any atom is 0.341 e. The first-order valence-corrected chi connectivity index (χ1v) is 15.3. The monoisotopic (exact) mass is 597 g/mol. The molecule has 3 heterocycles. The summed E-state index contributed by atoms with van der Waals surface area (Å²) in [6.07, 6.45) is -0.365. The zero-order valence-corrected chi connectivity index (χ0v) is 25.6. The molecule has 0 aliphatic carbocycles. The van der Waals surface area contributed by atoms with Crippen LogP contribution in [0.5, 0.6) is 0 Å². The third kappa shape index (κ3) is 6.13. The fourth-order valence-electron chi connectivity index (χ4n) is 4.23. The highest BCUT2D eigenvalue weighted by Crippen LogP contribution is 2.39. The van der Waals surface area contributed by atoms with Crippen molar-refractivity contribution in [3.8, 4) is 22.5 Å². The zero-order valence-electron chi connectivity index (χ0n) is 23.2. The van der Waals surface area contributed by atoms with Gasteiger partial charge in [-0.05, 0) is 52.7 Å². The number of aromatic nitrogens is 3. The Bertz CT molecular complexity index is 1570. The number of aryl methyl sites for hydroxylation is 2. The van der Waals surface area contributed by atoms with Gasteiger partial charge in [-0.15, -0.1) is 32.9 Å². The van der Waals surface area contributed by atoms with Crippen LogP contribution in [0.3, 0.4) is 0 Å². The van der Waals surface area contributed by atoms with E-state index >= 15 is 0 Å². The highest BCUT2D eigenvalue weighted by Gasteiger charge is 2.27. The minimum absolute atomic E-state index is 0.0210. The predicted molar refractivity (Wildman–Crippen MR) is 161 cm³/mol. The van der Waals surface area contributed by atoms with Crippen molar-refractivity contribution in [3.63, 3.8) is 0 Å². The molecule has 12 heteroatoms. The molecule has 0 aliphatic rings. The van der Waals surface area contributed by atoms with Crippen molar-refractivity contribution in [1.82, 2.24) is 14.8 Å². The molecule has 40 heavy (non-hydrogen) atoms. The number of thiophene rings is 2. The molecule has 0 bridgehead atoms. The summed E-state index contributed by atoms with van der Waals surface area (Å²) in [5.41, 5.74) is 10.4. The van der Waals surface area contributed by atoms with Crippen LogP contribution in [0, 0.1) is 20.8 Å². The molecule has 0 spiro atoms. The number of thioether (sulfide) groups is 1. The minimum Gasteiger partial charge on any atom is -0.459 e. The molecule has 0 aliphatic heterocycles. The van der Waals surface area contributed by atoms with Crippen molar-refractivity contribution in [2.45, 2.75) is 59.3 Å². The molecular formula is C28H31N5O4S3. The van der Waals surface area contributed by atoms with Gasteiger partial charge in [-0.1, -0.05) is 41.6 Å². The van der Waals surface area contributed by atoms with E-state index in [0.29, 0.717) is 17.3 Å². The summed E-state index contributed by atoms with van der Waals surface area (Å²) in [7, 11) is 0. The summed E-state index contributed by atoms with van der Waals surface area (Å²) in [4.78, 5) is 39.0. The molecular weight excluding hydrogens is 567 g/mol. The highest BCUT2D eigenvalue weighted by atomic mass is 32.2. The number of carbonyl (C=O) groups excluding carboxylic acids is 3. The van der Waals surface area contributed by atoms with Crippen molar-refractivity contribution in [1.29, 1.82) is 0 Å². The van der Waals surface area contributed by atoms with E-state index in [9.17, 15) is 14.4 Å². The van der Waals surface area contributed by atoms with Crippen LogP contribution in [0.1, 0.15) is 56.8 Å². The predicted octanol–water partition coefficient (Wildman–Crippen LogP) is 6.08. The van der Waals surface area contributed by atoms with E-state index in [2.05, 4.69) is 59.0 Å². The first-order valence-electron chi connectivity index (χ1n) is 12.7. The number of benzene rings is 1. The number of esters is 1. The topological polar surface area (TPSA) is 129 Å². The maximum absolute atomic E-state index is 13.0. The van der Waals surface area contributed by atoms with E-state index in [4.69, 9.17) is 10.5 Å². The van der Waals surface area contributed by atoms with Gasteiger partial charge in [-0.3, -0.25) is 9.59 Å². The molecule has 2 amide bonds. The lowest BCUT2D eigenvalue weighted by Gasteiger charge is -2.11. The zero-order chi connectivity index (χ0) is 29.1. The fourth-order valence-corrected chi connectivity index (χ4v) is 6.96.